The van der Waals surface area contributed by atoms with Gasteiger partial charge in [0.05, 0.1) is 19.1 Å². The van der Waals surface area contributed by atoms with Gasteiger partial charge in [0.15, 0.2) is 8.32 Å². The summed E-state index contributed by atoms with van der Waals surface area (Å²) in [6.45, 7) is 20.8. The third-order valence-electron chi connectivity index (χ3n) is 9.76. The number of allylic oxidation sites excluding steroid dienone is 1. The number of aliphatic hydroxyl groups is 1. The van der Waals surface area contributed by atoms with Crippen molar-refractivity contribution in [2.45, 2.75) is 149 Å². The van der Waals surface area contributed by atoms with Crippen molar-refractivity contribution in [3.05, 3.63) is 59.2 Å². The topological polar surface area (TPSA) is 91.3 Å². The highest BCUT2D eigenvalue weighted by Gasteiger charge is 2.41. The lowest BCUT2D eigenvalue weighted by molar-refractivity contribution is -0.157. The predicted octanol–water partition coefficient (Wildman–Crippen LogP) is 8.49. The third kappa shape index (κ3) is 12.7. The van der Waals surface area contributed by atoms with Crippen molar-refractivity contribution in [2.75, 3.05) is 7.11 Å². The number of hydrogen-bond acceptors (Lipinski definition) is 7. The maximum Gasteiger partial charge on any atom is 0.308 e. The molecule has 2 rings (SSSR count). The molecular formula is C38H62O7Si. The van der Waals surface area contributed by atoms with E-state index < -0.39 is 38.2 Å². The van der Waals surface area contributed by atoms with Crippen LogP contribution in [-0.4, -0.2) is 56.4 Å². The number of rotatable bonds is 12. The zero-order chi connectivity index (χ0) is 34.7. The van der Waals surface area contributed by atoms with Crippen molar-refractivity contribution in [3.8, 4) is 0 Å². The van der Waals surface area contributed by atoms with Crippen LogP contribution in [0.4, 0.5) is 0 Å². The maximum atomic E-state index is 13.5. The van der Waals surface area contributed by atoms with Gasteiger partial charge in [-0.05, 0) is 99.2 Å². The molecule has 6 atom stereocenters. The van der Waals surface area contributed by atoms with Gasteiger partial charge in [-0.3, -0.25) is 9.59 Å². The highest BCUT2D eigenvalue weighted by Crippen LogP contribution is 2.39. The van der Waals surface area contributed by atoms with Crippen molar-refractivity contribution in [1.82, 2.24) is 0 Å². The summed E-state index contributed by atoms with van der Waals surface area (Å²) in [5.74, 6) is -0.445. The fourth-order valence-electron chi connectivity index (χ4n) is 5.67. The molecule has 0 fully saturated rings. The minimum absolute atomic E-state index is 0.0487. The summed E-state index contributed by atoms with van der Waals surface area (Å²) in [5.41, 5.74) is 2.23. The standard InChI is InChI=1S/C38H62O7Si/c1-27(19-21-31-17-12-13-18-32(31)26-42-9)15-14-16-28(2)36-29(3)20-22-34(43-30(4)39)38(8,41)24-23-33(25-35(40)44-36)45-46(10,11)37(5,6)7/h12-13,16-18,20,22,27,29,33-34,36,41H,14-15,19,21,23-26H2,1-11H3/b22-20+,28-16+/t27?,29-,33+,34-,36+,38+/m0/s1. The van der Waals surface area contributed by atoms with Crippen LogP contribution in [0.1, 0.15) is 105 Å². The van der Waals surface area contributed by atoms with Crippen LogP contribution in [0.2, 0.25) is 18.1 Å². The first-order valence-corrected chi connectivity index (χ1v) is 19.9. The minimum atomic E-state index is -2.23. The van der Waals surface area contributed by atoms with E-state index in [4.69, 9.17) is 18.6 Å². The SMILES string of the molecule is COCc1ccccc1CCC(C)CC/C=C(\C)[C@H]1OC(=O)C[C@H](O[Si](C)(C)C(C)(C)C)CC[C@@](C)(O)[C@@H](OC(C)=O)/C=C/[C@@H]1C. The van der Waals surface area contributed by atoms with Gasteiger partial charge in [-0.25, -0.2) is 0 Å². The quantitative estimate of drug-likeness (QED) is 0.137. The predicted molar refractivity (Wildman–Crippen MR) is 188 cm³/mol. The number of esters is 2. The molecule has 0 spiro atoms. The Labute approximate surface area is 280 Å². The van der Waals surface area contributed by atoms with Crippen molar-refractivity contribution in [1.29, 1.82) is 0 Å². The molecule has 1 aromatic carbocycles. The Morgan fingerprint density at radius 1 is 1.15 bits per heavy atom. The van der Waals surface area contributed by atoms with Gasteiger partial charge in [0.25, 0.3) is 0 Å². The largest absolute Gasteiger partial charge is 0.457 e. The lowest BCUT2D eigenvalue weighted by atomic mass is 9.88. The van der Waals surface area contributed by atoms with Gasteiger partial charge in [0, 0.05) is 20.0 Å². The number of benzene rings is 1. The zero-order valence-electron chi connectivity index (χ0n) is 30.5. The minimum Gasteiger partial charge on any atom is -0.457 e. The summed E-state index contributed by atoms with van der Waals surface area (Å²) in [7, 11) is -0.495. The van der Waals surface area contributed by atoms with Crippen LogP contribution >= 0.6 is 0 Å². The summed E-state index contributed by atoms with van der Waals surface area (Å²) in [4.78, 5) is 25.5. The van der Waals surface area contributed by atoms with E-state index in [-0.39, 0.29) is 23.3 Å². The van der Waals surface area contributed by atoms with Gasteiger partial charge in [0.2, 0.25) is 0 Å². The summed E-state index contributed by atoms with van der Waals surface area (Å²) in [6.07, 6.45) is 8.90. The molecule has 260 valence electrons. The van der Waals surface area contributed by atoms with Crippen LogP contribution in [0.15, 0.2) is 48.1 Å². The fourth-order valence-corrected chi connectivity index (χ4v) is 7.06. The van der Waals surface area contributed by atoms with E-state index in [0.29, 0.717) is 25.4 Å². The van der Waals surface area contributed by atoms with E-state index in [1.54, 1.807) is 20.1 Å². The number of carbonyl (C=O) groups excluding carboxylic acids is 2. The Morgan fingerprint density at radius 2 is 1.80 bits per heavy atom. The number of carbonyl (C=O) groups is 2. The third-order valence-corrected chi connectivity index (χ3v) is 14.3. The van der Waals surface area contributed by atoms with Gasteiger partial charge in [-0.1, -0.05) is 71.0 Å². The molecule has 46 heavy (non-hydrogen) atoms. The van der Waals surface area contributed by atoms with Crippen molar-refractivity contribution in [2.24, 2.45) is 11.8 Å². The van der Waals surface area contributed by atoms with E-state index in [1.165, 1.54) is 18.1 Å². The summed E-state index contributed by atoms with van der Waals surface area (Å²) >= 11 is 0. The monoisotopic (exact) mass is 658 g/mol. The van der Waals surface area contributed by atoms with Crippen molar-refractivity contribution < 1.29 is 33.3 Å². The van der Waals surface area contributed by atoms with Gasteiger partial charge < -0.3 is 23.7 Å². The molecule has 0 bridgehead atoms. The van der Waals surface area contributed by atoms with E-state index in [1.807, 2.05) is 19.9 Å². The Balaban J connectivity index is 2.25. The Bertz CT molecular complexity index is 1180. The van der Waals surface area contributed by atoms with Crippen molar-refractivity contribution >= 4 is 20.3 Å². The van der Waals surface area contributed by atoms with Crippen LogP contribution in [0.3, 0.4) is 0 Å². The highest BCUT2D eigenvalue weighted by atomic mass is 28.4. The molecule has 1 aliphatic rings. The average Bonchev–Trinajstić information content (AvgIpc) is 2.95. The van der Waals surface area contributed by atoms with Crippen LogP contribution in [0, 0.1) is 11.8 Å². The van der Waals surface area contributed by atoms with Gasteiger partial charge in [-0.2, -0.15) is 0 Å². The molecule has 1 aliphatic heterocycles. The maximum absolute atomic E-state index is 13.5. The lowest BCUT2D eigenvalue weighted by Crippen LogP contribution is -2.46. The smallest absolute Gasteiger partial charge is 0.308 e. The molecule has 7 nitrogen and oxygen atoms in total. The molecule has 0 saturated heterocycles. The molecule has 0 aliphatic carbocycles. The number of hydrogen-bond donors (Lipinski definition) is 1. The molecule has 1 unspecified atom stereocenters. The molecule has 1 heterocycles. The van der Waals surface area contributed by atoms with Crippen LogP contribution in [-0.2, 0) is 41.3 Å². The summed E-state index contributed by atoms with van der Waals surface area (Å²) in [5, 5.41) is 11.4. The van der Waals surface area contributed by atoms with E-state index >= 15 is 0 Å². The summed E-state index contributed by atoms with van der Waals surface area (Å²) in [6, 6.07) is 8.46. The first kappa shape index (κ1) is 39.9. The van der Waals surface area contributed by atoms with Crippen LogP contribution < -0.4 is 0 Å². The molecular weight excluding hydrogens is 596 g/mol. The normalized spacial score (nSPS) is 26.8. The highest BCUT2D eigenvalue weighted by molar-refractivity contribution is 6.74. The van der Waals surface area contributed by atoms with Crippen LogP contribution in [0.25, 0.3) is 0 Å². The van der Waals surface area contributed by atoms with E-state index in [2.05, 4.69) is 71.1 Å². The lowest BCUT2D eigenvalue weighted by Gasteiger charge is -2.40. The molecule has 0 saturated carbocycles. The number of aryl methyl sites for hydroxylation is 1. The second-order valence-corrected chi connectivity index (χ2v) is 19.9. The van der Waals surface area contributed by atoms with E-state index in [0.717, 1.165) is 31.3 Å². The Kier molecular flexibility index (Phi) is 15.4. The first-order chi connectivity index (χ1) is 21.4. The first-order valence-electron chi connectivity index (χ1n) is 17.0. The fraction of sp³-hybridized carbons (Fsp3) is 0.684. The second kappa shape index (κ2) is 17.8. The molecule has 0 aromatic heterocycles. The molecule has 1 aromatic rings. The average molecular weight is 659 g/mol. The Hall–Kier alpha value is -2.26. The Morgan fingerprint density at radius 3 is 2.41 bits per heavy atom. The second-order valence-electron chi connectivity index (χ2n) is 15.2. The molecule has 8 heteroatoms. The van der Waals surface area contributed by atoms with Gasteiger partial charge in [0.1, 0.15) is 17.8 Å². The van der Waals surface area contributed by atoms with E-state index in [9.17, 15) is 14.7 Å². The summed E-state index contributed by atoms with van der Waals surface area (Å²) < 4.78 is 23.9. The van der Waals surface area contributed by atoms with Crippen LogP contribution in [0.5, 0.6) is 0 Å². The molecule has 1 N–H and O–H groups in total. The van der Waals surface area contributed by atoms with Gasteiger partial charge in [-0.15, -0.1) is 0 Å². The molecule has 0 radical (unpaired) electrons. The molecule has 0 amide bonds. The van der Waals surface area contributed by atoms with Gasteiger partial charge >= 0.3 is 11.9 Å². The number of cyclic esters (lactones) is 1. The zero-order valence-corrected chi connectivity index (χ0v) is 31.5. The number of ether oxygens (including phenoxy) is 3. The number of methoxy groups -OCH3 is 1. The van der Waals surface area contributed by atoms with Crippen molar-refractivity contribution in [3.63, 3.8) is 0 Å².